The maximum atomic E-state index is 3.30. The fraction of sp³-hybridized carbons (Fsp3) is 0.158. The van der Waals surface area contributed by atoms with Gasteiger partial charge in [0, 0.05) is 22.3 Å². The highest BCUT2D eigenvalue weighted by Gasteiger charge is 2.07. The molecule has 4 rings (SSSR count). The molecule has 3 aromatic carbocycles. The third-order valence-corrected chi connectivity index (χ3v) is 5.22. The van der Waals surface area contributed by atoms with Gasteiger partial charge in [0.1, 0.15) is 0 Å². The van der Waals surface area contributed by atoms with Crippen LogP contribution in [0.15, 0.2) is 42.5 Å². The average molecular weight is 291 g/mol. The van der Waals surface area contributed by atoms with E-state index in [0.717, 1.165) is 0 Å². The van der Waals surface area contributed by atoms with Gasteiger partial charge in [-0.3, -0.25) is 0 Å². The standard InChI is InChI=1S/C19H17NS/c1-11-6-13-4-5-14-8-15-7-12(2)21-19(15)10-17(14)16(13)9-18(11)20-3/h4-10,20H,1-3H3. The largest absolute Gasteiger partial charge is 0.388 e. The molecule has 0 unspecified atom stereocenters. The van der Waals surface area contributed by atoms with Crippen LogP contribution in [0.3, 0.4) is 0 Å². The van der Waals surface area contributed by atoms with Crippen molar-refractivity contribution in [3.8, 4) is 0 Å². The highest BCUT2D eigenvalue weighted by atomic mass is 32.1. The molecule has 104 valence electrons. The van der Waals surface area contributed by atoms with E-state index in [0.29, 0.717) is 0 Å². The molecule has 1 aromatic heterocycles. The highest BCUT2D eigenvalue weighted by molar-refractivity contribution is 7.19. The molecule has 1 heterocycles. The summed E-state index contributed by atoms with van der Waals surface area (Å²) in [6, 6.07) is 15.9. The lowest BCUT2D eigenvalue weighted by Crippen LogP contribution is -1.91. The second-order valence-electron chi connectivity index (χ2n) is 5.67. The predicted molar refractivity (Wildman–Crippen MR) is 95.9 cm³/mol. The van der Waals surface area contributed by atoms with Crippen LogP contribution in [0, 0.1) is 13.8 Å². The Kier molecular flexibility index (Phi) is 2.69. The summed E-state index contributed by atoms with van der Waals surface area (Å²) in [7, 11) is 1.99. The summed E-state index contributed by atoms with van der Waals surface area (Å²) >= 11 is 1.87. The number of aryl methyl sites for hydroxylation is 2. The molecule has 0 saturated carbocycles. The van der Waals surface area contributed by atoms with E-state index < -0.39 is 0 Å². The summed E-state index contributed by atoms with van der Waals surface area (Å²) in [5, 5.41) is 9.95. The van der Waals surface area contributed by atoms with Crippen LogP contribution in [0.2, 0.25) is 0 Å². The summed E-state index contributed by atoms with van der Waals surface area (Å²) in [6.07, 6.45) is 0. The van der Waals surface area contributed by atoms with Gasteiger partial charge in [-0.25, -0.2) is 0 Å². The first-order valence-corrected chi connectivity index (χ1v) is 8.02. The van der Waals surface area contributed by atoms with Crippen molar-refractivity contribution in [2.45, 2.75) is 13.8 Å². The van der Waals surface area contributed by atoms with Gasteiger partial charge in [-0.15, -0.1) is 11.3 Å². The Bertz CT molecular complexity index is 995. The highest BCUT2D eigenvalue weighted by Crippen LogP contribution is 2.35. The number of hydrogen-bond acceptors (Lipinski definition) is 2. The zero-order valence-electron chi connectivity index (χ0n) is 12.4. The molecule has 0 aliphatic carbocycles. The molecular formula is C19H17NS. The van der Waals surface area contributed by atoms with Gasteiger partial charge in [-0.05, 0) is 76.7 Å². The number of thiophene rings is 1. The van der Waals surface area contributed by atoms with Crippen LogP contribution in [0.25, 0.3) is 31.6 Å². The van der Waals surface area contributed by atoms with Crippen molar-refractivity contribution >= 4 is 48.7 Å². The van der Waals surface area contributed by atoms with Crippen molar-refractivity contribution in [2.24, 2.45) is 0 Å². The van der Waals surface area contributed by atoms with E-state index in [1.165, 1.54) is 47.8 Å². The molecule has 0 aliphatic heterocycles. The van der Waals surface area contributed by atoms with E-state index in [1.807, 2.05) is 18.4 Å². The van der Waals surface area contributed by atoms with Crippen LogP contribution in [0.5, 0.6) is 0 Å². The molecule has 0 radical (unpaired) electrons. The summed E-state index contributed by atoms with van der Waals surface area (Å²) in [5.41, 5.74) is 2.50. The fourth-order valence-electron chi connectivity index (χ4n) is 3.16. The van der Waals surface area contributed by atoms with E-state index in [-0.39, 0.29) is 0 Å². The van der Waals surface area contributed by atoms with Crippen molar-refractivity contribution in [3.05, 3.63) is 52.9 Å². The first-order valence-electron chi connectivity index (χ1n) is 7.21. The van der Waals surface area contributed by atoms with Gasteiger partial charge in [0.2, 0.25) is 0 Å². The Morgan fingerprint density at radius 2 is 1.52 bits per heavy atom. The van der Waals surface area contributed by atoms with Crippen molar-refractivity contribution in [1.29, 1.82) is 0 Å². The maximum absolute atomic E-state index is 3.30. The summed E-state index contributed by atoms with van der Waals surface area (Å²) in [4.78, 5) is 1.37. The summed E-state index contributed by atoms with van der Waals surface area (Å²) in [5.74, 6) is 0. The van der Waals surface area contributed by atoms with Gasteiger partial charge in [-0.1, -0.05) is 12.1 Å². The number of fused-ring (bicyclic) bond motifs is 4. The van der Waals surface area contributed by atoms with Crippen LogP contribution in [-0.2, 0) is 0 Å². The minimum atomic E-state index is 1.21. The van der Waals surface area contributed by atoms with E-state index in [9.17, 15) is 0 Å². The molecule has 1 nitrogen and oxygen atoms in total. The Labute approximate surface area is 128 Å². The van der Waals surface area contributed by atoms with Gasteiger partial charge in [-0.2, -0.15) is 0 Å². The summed E-state index contributed by atoms with van der Waals surface area (Å²) < 4.78 is 1.37. The zero-order chi connectivity index (χ0) is 14.6. The lowest BCUT2D eigenvalue weighted by Gasteiger charge is -2.10. The third-order valence-electron chi connectivity index (χ3n) is 4.21. The van der Waals surface area contributed by atoms with E-state index >= 15 is 0 Å². The van der Waals surface area contributed by atoms with E-state index in [2.05, 4.69) is 61.6 Å². The Balaban J connectivity index is 2.17. The molecule has 0 amide bonds. The van der Waals surface area contributed by atoms with Gasteiger partial charge in [0.05, 0.1) is 0 Å². The maximum Gasteiger partial charge on any atom is 0.0373 e. The van der Waals surface area contributed by atoms with E-state index in [1.54, 1.807) is 0 Å². The number of rotatable bonds is 1. The van der Waals surface area contributed by atoms with Crippen molar-refractivity contribution in [2.75, 3.05) is 12.4 Å². The van der Waals surface area contributed by atoms with Crippen LogP contribution in [0.1, 0.15) is 10.4 Å². The molecule has 0 bridgehead atoms. The SMILES string of the molecule is CNc1cc2c(ccc3cc4cc(C)sc4cc32)cc1C. The normalized spacial score (nSPS) is 11.6. The second kappa shape index (κ2) is 4.47. The first-order chi connectivity index (χ1) is 10.2. The third kappa shape index (κ3) is 1.90. The van der Waals surface area contributed by atoms with Crippen LogP contribution < -0.4 is 5.32 Å². The number of nitrogens with one attached hydrogen (secondary N) is 1. The fourth-order valence-corrected chi connectivity index (χ4v) is 4.10. The lowest BCUT2D eigenvalue weighted by molar-refractivity contribution is 1.43. The first kappa shape index (κ1) is 12.7. The minimum absolute atomic E-state index is 1.21. The molecule has 2 heteroatoms. The zero-order valence-corrected chi connectivity index (χ0v) is 13.3. The molecule has 0 spiro atoms. The topological polar surface area (TPSA) is 12.0 Å². The molecule has 1 N–H and O–H groups in total. The van der Waals surface area contributed by atoms with Gasteiger partial charge in [0.15, 0.2) is 0 Å². The van der Waals surface area contributed by atoms with Crippen LogP contribution in [0.4, 0.5) is 5.69 Å². The number of anilines is 1. The van der Waals surface area contributed by atoms with Gasteiger partial charge in [0.25, 0.3) is 0 Å². The minimum Gasteiger partial charge on any atom is -0.388 e. The van der Waals surface area contributed by atoms with Crippen molar-refractivity contribution in [1.82, 2.24) is 0 Å². The predicted octanol–water partition coefficient (Wildman–Crippen LogP) is 5.87. The molecule has 0 fully saturated rings. The number of benzene rings is 3. The van der Waals surface area contributed by atoms with Crippen LogP contribution >= 0.6 is 11.3 Å². The van der Waals surface area contributed by atoms with Gasteiger partial charge < -0.3 is 5.32 Å². The second-order valence-corrected chi connectivity index (χ2v) is 6.96. The van der Waals surface area contributed by atoms with Crippen molar-refractivity contribution < 1.29 is 0 Å². The average Bonchev–Trinajstić information content (AvgIpc) is 2.83. The monoisotopic (exact) mass is 291 g/mol. The Hall–Kier alpha value is -2.06. The van der Waals surface area contributed by atoms with Gasteiger partial charge >= 0.3 is 0 Å². The Morgan fingerprint density at radius 1 is 0.810 bits per heavy atom. The molecule has 0 saturated heterocycles. The molecule has 0 atom stereocenters. The van der Waals surface area contributed by atoms with E-state index in [4.69, 9.17) is 0 Å². The molecule has 0 aliphatic rings. The molecule has 21 heavy (non-hydrogen) atoms. The Morgan fingerprint density at radius 3 is 2.29 bits per heavy atom. The van der Waals surface area contributed by atoms with Crippen LogP contribution in [-0.4, -0.2) is 7.05 Å². The van der Waals surface area contributed by atoms with Crippen molar-refractivity contribution in [3.63, 3.8) is 0 Å². The lowest BCUT2D eigenvalue weighted by atomic mass is 9.98. The molecular weight excluding hydrogens is 274 g/mol. The smallest absolute Gasteiger partial charge is 0.0373 e. The molecule has 4 aromatic rings. The summed E-state index contributed by atoms with van der Waals surface area (Å²) in [6.45, 7) is 4.33. The quantitative estimate of drug-likeness (QED) is 0.433. The number of hydrogen-bond donors (Lipinski definition) is 1.